The van der Waals surface area contributed by atoms with Crippen molar-refractivity contribution in [2.75, 3.05) is 26.4 Å². The lowest BCUT2D eigenvalue weighted by Crippen LogP contribution is -2.59. The van der Waals surface area contributed by atoms with Crippen molar-refractivity contribution in [3.05, 3.63) is 142 Å². The van der Waals surface area contributed by atoms with E-state index >= 15 is 0 Å². The maximum Gasteiger partial charge on any atom is 0.358 e. The van der Waals surface area contributed by atoms with E-state index in [4.69, 9.17) is 18.3 Å². The first kappa shape index (κ1) is 26.4. The maximum absolute atomic E-state index is 7.21. The number of hydrogen-bond acceptors (Lipinski definition) is 2. The summed E-state index contributed by atoms with van der Waals surface area (Å²) in [5, 5.41) is 0. The molecule has 4 heteroatoms. The molecule has 0 saturated heterocycles. The highest BCUT2D eigenvalue weighted by molar-refractivity contribution is 6.15. The van der Waals surface area contributed by atoms with Gasteiger partial charge in [0.2, 0.25) is 0 Å². The van der Waals surface area contributed by atoms with Gasteiger partial charge in [0, 0.05) is 49.3 Å². The van der Waals surface area contributed by atoms with E-state index in [-0.39, 0.29) is 0 Å². The second-order valence-corrected chi connectivity index (χ2v) is 9.94. The number of fused-ring (bicyclic) bond motifs is 4. The van der Waals surface area contributed by atoms with E-state index < -0.39 is 11.2 Å². The summed E-state index contributed by atoms with van der Waals surface area (Å²) in [7, 11) is 0. The maximum atomic E-state index is 7.21. The zero-order valence-electron chi connectivity index (χ0n) is 23.7. The van der Waals surface area contributed by atoms with E-state index in [0.29, 0.717) is 26.4 Å². The first-order valence-electron chi connectivity index (χ1n) is 14.4. The Labute approximate surface area is 236 Å². The normalized spacial score (nSPS) is 20.7. The Morgan fingerprint density at radius 3 is 0.975 bits per heavy atom. The molecule has 4 nitrogen and oxygen atoms in total. The molecule has 40 heavy (non-hydrogen) atoms. The largest absolute Gasteiger partial charge is 0.362 e. The van der Waals surface area contributed by atoms with Crippen LogP contribution in [0.25, 0.3) is 0 Å². The Bertz CT molecular complexity index is 1390. The van der Waals surface area contributed by atoms with Crippen molar-refractivity contribution in [1.82, 2.24) is 0 Å². The number of rotatable bonds is 7. The summed E-state index contributed by atoms with van der Waals surface area (Å²) in [5.74, 6) is 1.74. The number of carbonyl (C=O) groups excluding carboxylic acids is 2. The van der Waals surface area contributed by atoms with Crippen molar-refractivity contribution < 1.29 is 18.3 Å². The standard InChI is InChI=1S/C36H36O4/c1-5-37-33-25-17-9-13-21-29(25)35(39-7-3,30-22-14-10-18-26(30)33)36(40-8-4)31-23-15-11-19-27(31)34(38-6-2)28-20-12-16-24-32(28)36/h9-24H,5-8H2,1-4H3/q+2. The van der Waals surface area contributed by atoms with Crippen molar-refractivity contribution in [2.24, 2.45) is 0 Å². The van der Waals surface area contributed by atoms with E-state index in [0.717, 1.165) is 56.1 Å². The fourth-order valence-electron chi connectivity index (χ4n) is 6.84. The van der Waals surface area contributed by atoms with Crippen LogP contribution in [0, 0.1) is 0 Å². The second kappa shape index (κ2) is 10.6. The van der Waals surface area contributed by atoms with E-state index in [1.54, 1.807) is 0 Å². The molecule has 0 radical (unpaired) electrons. The van der Waals surface area contributed by atoms with Gasteiger partial charge in [-0.3, -0.25) is 8.85 Å². The number of ether oxygens (including phenoxy) is 2. The quantitative estimate of drug-likeness (QED) is 0.237. The average Bonchev–Trinajstić information content (AvgIpc) is 3.00. The van der Waals surface area contributed by atoms with Gasteiger partial charge >= 0.3 is 11.6 Å². The molecule has 4 aromatic carbocycles. The van der Waals surface area contributed by atoms with Crippen LogP contribution in [-0.4, -0.2) is 38.0 Å². The Hall–Kier alpha value is -3.86. The van der Waals surface area contributed by atoms with Crippen LogP contribution < -0.4 is 0 Å². The van der Waals surface area contributed by atoms with Crippen molar-refractivity contribution in [3.63, 3.8) is 0 Å². The monoisotopic (exact) mass is 532 g/mol. The minimum absolute atomic E-state index is 0.480. The lowest BCUT2D eigenvalue weighted by Gasteiger charge is -2.54. The Morgan fingerprint density at radius 1 is 0.450 bits per heavy atom. The molecule has 0 N–H and O–H groups in total. The predicted molar refractivity (Wildman–Crippen MR) is 159 cm³/mol. The van der Waals surface area contributed by atoms with Crippen molar-refractivity contribution >= 4 is 11.6 Å². The van der Waals surface area contributed by atoms with Crippen LogP contribution in [0.5, 0.6) is 0 Å². The first-order valence-corrected chi connectivity index (χ1v) is 14.4. The van der Waals surface area contributed by atoms with E-state index in [2.05, 4.69) is 111 Å². The molecule has 0 atom stereocenters. The van der Waals surface area contributed by atoms with Gasteiger partial charge in [0.15, 0.2) is 11.2 Å². The minimum atomic E-state index is -1.03. The fourth-order valence-corrected chi connectivity index (χ4v) is 6.84. The minimum Gasteiger partial charge on any atom is -0.362 e. The number of ketones is 2. The van der Waals surface area contributed by atoms with Gasteiger partial charge in [-0.1, -0.05) is 72.8 Å². The van der Waals surface area contributed by atoms with E-state index in [1.165, 1.54) is 0 Å². The smallest absolute Gasteiger partial charge is 0.358 e. The molecule has 0 unspecified atom stereocenters. The summed E-state index contributed by atoms with van der Waals surface area (Å²) >= 11 is 0. The molecule has 6 rings (SSSR count). The molecule has 202 valence electrons. The second-order valence-electron chi connectivity index (χ2n) is 9.94. The van der Waals surface area contributed by atoms with Crippen molar-refractivity contribution in [3.8, 4) is 0 Å². The van der Waals surface area contributed by atoms with Gasteiger partial charge in [0.25, 0.3) is 13.2 Å². The van der Waals surface area contributed by atoms with Gasteiger partial charge in [-0.25, -0.2) is 0 Å². The van der Waals surface area contributed by atoms with Crippen molar-refractivity contribution in [2.45, 2.75) is 38.9 Å². The lowest BCUT2D eigenvalue weighted by molar-refractivity contribution is -0.264. The molecular formula is C36H36O4+2. The third kappa shape index (κ3) is 3.52. The molecule has 2 aliphatic rings. The topological polar surface area (TPSA) is 41.1 Å². The van der Waals surface area contributed by atoms with Gasteiger partial charge in [-0.15, -0.1) is 0 Å². The summed E-state index contributed by atoms with van der Waals surface area (Å²) in [6.07, 6.45) is 0. The first-order chi connectivity index (χ1) is 19.7. The van der Waals surface area contributed by atoms with Crippen LogP contribution in [0.3, 0.4) is 0 Å². The van der Waals surface area contributed by atoms with Gasteiger partial charge in [0.05, 0.1) is 22.3 Å². The summed E-state index contributed by atoms with van der Waals surface area (Å²) in [5.41, 5.74) is 6.11. The number of hydrogen-bond donors (Lipinski definition) is 0. The molecule has 0 bridgehead atoms. The van der Waals surface area contributed by atoms with Gasteiger partial charge in [-0.2, -0.15) is 0 Å². The molecule has 0 heterocycles. The SMILES string of the molecule is CCOC1(C2(OCC)c3ccccc3C(=[O+]CC)c3ccccc32)c2ccccc2C(=[O+]CC)c2ccccc21. The molecule has 0 saturated carbocycles. The summed E-state index contributed by atoms with van der Waals surface area (Å²) in [6.45, 7) is 10.3. The fraction of sp³-hybridized carbons (Fsp3) is 0.278. The van der Waals surface area contributed by atoms with Gasteiger partial charge < -0.3 is 9.47 Å². The molecule has 0 amide bonds. The van der Waals surface area contributed by atoms with E-state index in [1.807, 2.05) is 13.8 Å². The van der Waals surface area contributed by atoms with Crippen LogP contribution in [0.1, 0.15) is 81.1 Å². The van der Waals surface area contributed by atoms with Crippen LogP contribution in [0.2, 0.25) is 0 Å². The molecule has 0 fully saturated rings. The highest BCUT2D eigenvalue weighted by Gasteiger charge is 2.66. The highest BCUT2D eigenvalue weighted by atomic mass is 16.6. The Morgan fingerprint density at radius 2 is 0.725 bits per heavy atom. The Kier molecular flexibility index (Phi) is 6.99. The molecule has 4 aromatic rings. The average molecular weight is 533 g/mol. The zero-order chi connectivity index (χ0) is 27.7. The van der Waals surface area contributed by atoms with Crippen LogP contribution in [0.4, 0.5) is 0 Å². The molecule has 0 aromatic heterocycles. The van der Waals surface area contributed by atoms with Crippen molar-refractivity contribution in [1.29, 1.82) is 0 Å². The summed E-state index contributed by atoms with van der Waals surface area (Å²) in [6, 6.07) is 33.9. The third-order valence-electron chi connectivity index (χ3n) is 8.00. The predicted octanol–water partition coefficient (Wildman–Crippen LogP) is 7.15. The summed E-state index contributed by atoms with van der Waals surface area (Å²) < 4.78 is 27.2. The lowest BCUT2D eigenvalue weighted by atomic mass is 9.58. The number of benzene rings is 4. The van der Waals surface area contributed by atoms with Crippen LogP contribution in [-0.2, 0) is 20.7 Å². The molecule has 2 aliphatic carbocycles. The highest BCUT2D eigenvalue weighted by Crippen LogP contribution is 2.60. The molecular weight excluding hydrogens is 496 g/mol. The molecule has 0 aliphatic heterocycles. The van der Waals surface area contributed by atoms with Crippen LogP contribution in [0.15, 0.2) is 97.1 Å². The van der Waals surface area contributed by atoms with E-state index in [9.17, 15) is 0 Å². The van der Waals surface area contributed by atoms with Gasteiger partial charge in [0.1, 0.15) is 0 Å². The summed E-state index contributed by atoms with van der Waals surface area (Å²) in [4.78, 5) is 0. The Balaban J connectivity index is 1.86. The molecule has 0 spiro atoms. The van der Waals surface area contributed by atoms with Gasteiger partial charge in [-0.05, 0) is 38.1 Å². The van der Waals surface area contributed by atoms with Crippen LogP contribution >= 0.6 is 0 Å². The third-order valence-corrected chi connectivity index (χ3v) is 8.00. The zero-order valence-corrected chi connectivity index (χ0v) is 23.7.